The number of rotatable bonds is 5. The third-order valence-corrected chi connectivity index (χ3v) is 4.18. The maximum Gasteiger partial charge on any atom is 0.338 e. The highest BCUT2D eigenvalue weighted by Crippen LogP contribution is 2.27. The minimum Gasteiger partial charge on any atom is -0.449 e. The lowest BCUT2D eigenvalue weighted by atomic mass is 10.0. The first-order valence-electron chi connectivity index (χ1n) is 8.77. The van der Waals surface area contributed by atoms with E-state index in [0.717, 1.165) is 16.7 Å². The summed E-state index contributed by atoms with van der Waals surface area (Å²) in [6, 6.07) is 24.4. The molecule has 27 heavy (non-hydrogen) atoms. The Balaban J connectivity index is 1.71. The van der Waals surface area contributed by atoms with E-state index in [2.05, 4.69) is 5.32 Å². The van der Waals surface area contributed by atoms with Gasteiger partial charge < -0.3 is 10.1 Å². The van der Waals surface area contributed by atoms with Gasteiger partial charge in [-0.15, -0.1) is 0 Å². The molecule has 3 aromatic rings. The summed E-state index contributed by atoms with van der Waals surface area (Å²) in [5.74, 6) is -0.892. The molecule has 1 atom stereocenters. The Hall–Kier alpha value is -3.40. The van der Waals surface area contributed by atoms with Crippen molar-refractivity contribution in [2.75, 3.05) is 5.32 Å². The Morgan fingerprint density at radius 3 is 2.33 bits per heavy atom. The van der Waals surface area contributed by atoms with E-state index in [9.17, 15) is 9.59 Å². The number of carbonyl (C=O) groups excluding carboxylic acids is 2. The number of nitrogens with one attached hydrogen (secondary N) is 1. The van der Waals surface area contributed by atoms with Gasteiger partial charge in [0.15, 0.2) is 6.10 Å². The van der Waals surface area contributed by atoms with E-state index in [-0.39, 0.29) is 5.91 Å². The molecule has 0 aliphatic heterocycles. The number of amides is 1. The van der Waals surface area contributed by atoms with E-state index in [1.54, 1.807) is 25.1 Å². The van der Waals surface area contributed by atoms with Crippen LogP contribution in [0.3, 0.4) is 0 Å². The van der Waals surface area contributed by atoms with Crippen molar-refractivity contribution < 1.29 is 14.3 Å². The first kappa shape index (κ1) is 18.4. The van der Waals surface area contributed by atoms with Crippen molar-refractivity contribution >= 4 is 17.6 Å². The van der Waals surface area contributed by atoms with Gasteiger partial charge in [-0.1, -0.05) is 66.2 Å². The van der Waals surface area contributed by atoms with Gasteiger partial charge in [-0.05, 0) is 37.6 Å². The fourth-order valence-electron chi connectivity index (χ4n) is 2.75. The van der Waals surface area contributed by atoms with Gasteiger partial charge in [0.25, 0.3) is 5.91 Å². The van der Waals surface area contributed by atoms with Gasteiger partial charge in [-0.3, -0.25) is 4.79 Å². The highest BCUT2D eigenvalue weighted by Gasteiger charge is 2.20. The minimum atomic E-state index is -0.915. The van der Waals surface area contributed by atoms with Crippen LogP contribution in [0, 0.1) is 6.92 Å². The average Bonchev–Trinajstić information content (AvgIpc) is 2.69. The molecule has 0 fully saturated rings. The van der Waals surface area contributed by atoms with Crippen LogP contribution in [-0.2, 0) is 9.53 Å². The summed E-state index contributed by atoms with van der Waals surface area (Å²) in [7, 11) is 0. The van der Waals surface area contributed by atoms with E-state index in [1.165, 1.54) is 0 Å². The van der Waals surface area contributed by atoms with Crippen molar-refractivity contribution in [3.8, 4) is 11.1 Å². The van der Waals surface area contributed by atoms with Gasteiger partial charge in [-0.2, -0.15) is 0 Å². The SMILES string of the molecule is Cc1cccc(C(=O)OC(C)C(=O)Nc2ccccc2-c2ccccc2)c1. The molecule has 0 radical (unpaired) electrons. The van der Waals surface area contributed by atoms with Crippen molar-refractivity contribution in [2.45, 2.75) is 20.0 Å². The summed E-state index contributed by atoms with van der Waals surface area (Å²) in [5, 5.41) is 2.86. The van der Waals surface area contributed by atoms with Gasteiger partial charge in [0, 0.05) is 11.3 Å². The van der Waals surface area contributed by atoms with Crippen molar-refractivity contribution in [3.05, 3.63) is 90.0 Å². The molecule has 0 saturated carbocycles. The number of para-hydroxylation sites is 1. The summed E-state index contributed by atoms with van der Waals surface area (Å²) < 4.78 is 5.32. The summed E-state index contributed by atoms with van der Waals surface area (Å²) in [4.78, 5) is 24.8. The topological polar surface area (TPSA) is 55.4 Å². The predicted octanol–water partition coefficient (Wildman–Crippen LogP) is 4.85. The molecule has 136 valence electrons. The van der Waals surface area contributed by atoms with Crippen LogP contribution in [0.15, 0.2) is 78.9 Å². The van der Waals surface area contributed by atoms with Crippen molar-refractivity contribution in [1.29, 1.82) is 0 Å². The molecule has 3 rings (SSSR count). The van der Waals surface area contributed by atoms with Gasteiger partial charge in [-0.25, -0.2) is 4.79 Å². The third kappa shape index (κ3) is 4.61. The first-order chi connectivity index (χ1) is 13.0. The van der Waals surface area contributed by atoms with Crippen LogP contribution >= 0.6 is 0 Å². The van der Waals surface area contributed by atoms with Gasteiger partial charge in [0.05, 0.1) is 5.56 Å². The van der Waals surface area contributed by atoms with Crippen molar-refractivity contribution in [2.24, 2.45) is 0 Å². The Morgan fingerprint density at radius 1 is 0.889 bits per heavy atom. The quantitative estimate of drug-likeness (QED) is 0.663. The van der Waals surface area contributed by atoms with Gasteiger partial charge in [0.2, 0.25) is 0 Å². The second kappa shape index (κ2) is 8.32. The zero-order valence-electron chi connectivity index (χ0n) is 15.3. The van der Waals surface area contributed by atoms with E-state index in [0.29, 0.717) is 11.3 Å². The standard InChI is InChI=1S/C23H21NO3/c1-16-9-8-12-19(15-16)23(26)27-17(2)22(25)24-21-14-7-6-13-20(21)18-10-4-3-5-11-18/h3-15,17H,1-2H3,(H,24,25). The third-order valence-electron chi connectivity index (χ3n) is 4.18. The normalized spacial score (nSPS) is 11.5. The van der Waals surface area contributed by atoms with Crippen LogP contribution in [0.2, 0.25) is 0 Å². The number of hydrogen-bond donors (Lipinski definition) is 1. The molecule has 3 aromatic carbocycles. The zero-order chi connectivity index (χ0) is 19.2. The molecule has 0 aromatic heterocycles. The number of esters is 1. The second-order valence-electron chi connectivity index (χ2n) is 6.32. The number of benzene rings is 3. The van der Waals surface area contributed by atoms with E-state index < -0.39 is 12.1 Å². The highest BCUT2D eigenvalue weighted by atomic mass is 16.5. The molecular formula is C23H21NO3. The molecule has 0 heterocycles. The van der Waals surface area contributed by atoms with E-state index in [4.69, 9.17) is 4.74 Å². The smallest absolute Gasteiger partial charge is 0.338 e. The molecule has 4 heteroatoms. The summed E-state index contributed by atoms with van der Waals surface area (Å²) in [6.07, 6.45) is -0.915. The molecule has 0 bridgehead atoms. The lowest BCUT2D eigenvalue weighted by Gasteiger charge is -2.16. The lowest BCUT2D eigenvalue weighted by Crippen LogP contribution is -2.30. The number of ether oxygens (including phenoxy) is 1. The fraction of sp³-hybridized carbons (Fsp3) is 0.130. The molecular weight excluding hydrogens is 338 g/mol. The maximum atomic E-state index is 12.5. The average molecular weight is 359 g/mol. The maximum absolute atomic E-state index is 12.5. The van der Waals surface area contributed by atoms with Crippen LogP contribution in [0.25, 0.3) is 11.1 Å². The zero-order valence-corrected chi connectivity index (χ0v) is 15.3. The van der Waals surface area contributed by atoms with Crippen LogP contribution in [0.1, 0.15) is 22.8 Å². The Bertz CT molecular complexity index is 951. The van der Waals surface area contributed by atoms with Crippen molar-refractivity contribution in [3.63, 3.8) is 0 Å². The second-order valence-corrected chi connectivity index (χ2v) is 6.32. The van der Waals surface area contributed by atoms with E-state index in [1.807, 2.05) is 67.6 Å². The number of anilines is 1. The molecule has 0 aliphatic rings. The van der Waals surface area contributed by atoms with Crippen LogP contribution in [0.4, 0.5) is 5.69 Å². The molecule has 0 spiro atoms. The Kier molecular flexibility index (Phi) is 5.67. The van der Waals surface area contributed by atoms with Gasteiger partial charge >= 0.3 is 5.97 Å². The summed E-state index contributed by atoms with van der Waals surface area (Å²) >= 11 is 0. The summed E-state index contributed by atoms with van der Waals surface area (Å²) in [6.45, 7) is 3.46. The Labute approximate surface area is 158 Å². The van der Waals surface area contributed by atoms with Crippen LogP contribution in [-0.4, -0.2) is 18.0 Å². The number of hydrogen-bond acceptors (Lipinski definition) is 3. The number of aryl methyl sites for hydroxylation is 1. The minimum absolute atomic E-state index is 0.376. The molecule has 4 nitrogen and oxygen atoms in total. The van der Waals surface area contributed by atoms with E-state index >= 15 is 0 Å². The highest BCUT2D eigenvalue weighted by molar-refractivity contribution is 5.99. The largest absolute Gasteiger partial charge is 0.449 e. The molecule has 0 saturated heterocycles. The predicted molar refractivity (Wildman–Crippen MR) is 107 cm³/mol. The molecule has 0 aliphatic carbocycles. The first-order valence-corrected chi connectivity index (χ1v) is 8.77. The lowest BCUT2D eigenvalue weighted by molar-refractivity contribution is -0.123. The van der Waals surface area contributed by atoms with Crippen molar-refractivity contribution in [1.82, 2.24) is 0 Å². The van der Waals surface area contributed by atoms with Gasteiger partial charge in [0.1, 0.15) is 0 Å². The molecule has 1 amide bonds. The number of carbonyl (C=O) groups is 2. The molecule has 1 unspecified atom stereocenters. The monoisotopic (exact) mass is 359 g/mol. The van der Waals surface area contributed by atoms with Crippen LogP contribution in [0.5, 0.6) is 0 Å². The fourth-order valence-corrected chi connectivity index (χ4v) is 2.75. The molecule has 1 N–H and O–H groups in total. The Morgan fingerprint density at radius 2 is 1.59 bits per heavy atom. The van der Waals surface area contributed by atoms with Crippen LogP contribution < -0.4 is 5.32 Å². The summed E-state index contributed by atoms with van der Waals surface area (Å²) in [5.41, 5.74) is 3.96.